The van der Waals surface area contributed by atoms with Crippen LogP contribution < -0.4 is 10.1 Å². The number of ether oxygens (including phenoxy) is 1. The number of alkyl halides is 2. The topological polar surface area (TPSA) is 39.1 Å². The molecule has 6 heteroatoms. The molecule has 1 aliphatic carbocycles. The van der Waals surface area contributed by atoms with Gasteiger partial charge in [0.15, 0.2) is 5.82 Å². The summed E-state index contributed by atoms with van der Waals surface area (Å²) in [5, 5.41) is 3.28. The highest BCUT2D eigenvalue weighted by molar-refractivity contribution is 5.40. The molecule has 1 heterocycles. The van der Waals surface area contributed by atoms with E-state index in [1.807, 2.05) is 25.2 Å². The van der Waals surface area contributed by atoms with Crippen LogP contribution in [-0.4, -0.2) is 16.6 Å². The van der Waals surface area contributed by atoms with Crippen molar-refractivity contribution in [2.24, 2.45) is 0 Å². The summed E-state index contributed by atoms with van der Waals surface area (Å²) in [5.74, 6) is 0.910. The summed E-state index contributed by atoms with van der Waals surface area (Å²) >= 11 is 0. The predicted octanol–water partition coefficient (Wildman–Crippen LogP) is 3.06. The van der Waals surface area contributed by atoms with Gasteiger partial charge in [-0.15, -0.1) is 0 Å². The summed E-state index contributed by atoms with van der Waals surface area (Å²) in [6.07, 6.45) is 4.68. The van der Waals surface area contributed by atoms with Crippen LogP contribution in [0.15, 0.2) is 30.6 Å². The highest BCUT2D eigenvalue weighted by atomic mass is 19.3. The Labute approximate surface area is 121 Å². The van der Waals surface area contributed by atoms with E-state index in [2.05, 4.69) is 10.3 Å². The van der Waals surface area contributed by atoms with E-state index in [0.29, 0.717) is 11.8 Å². The van der Waals surface area contributed by atoms with Gasteiger partial charge in [0.2, 0.25) is 0 Å². The molecule has 0 spiro atoms. The normalized spacial score (nSPS) is 17.2. The number of rotatable bonds is 5. The van der Waals surface area contributed by atoms with E-state index in [9.17, 15) is 8.78 Å². The summed E-state index contributed by atoms with van der Waals surface area (Å²) in [5.41, 5.74) is 2.54. The number of aryl methyl sites for hydroxylation is 1. The summed E-state index contributed by atoms with van der Waals surface area (Å²) in [6, 6.07) is 6.30. The van der Waals surface area contributed by atoms with E-state index in [1.165, 1.54) is 23.5 Å². The van der Waals surface area contributed by atoms with Gasteiger partial charge in [0.25, 0.3) is 0 Å². The molecule has 0 aliphatic heterocycles. The van der Waals surface area contributed by atoms with Gasteiger partial charge in [-0.1, -0.05) is 6.07 Å². The van der Waals surface area contributed by atoms with E-state index in [4.69, 9.17) is 4.74 Å². The van der Waals surface area contributed by atoms with Crippen LogP contribution in [0.1, 0.15) is 36.0 Å². The minimum absolute atomic E-state index is 0.0333. The number of halogens is 2. The maximum atomic E-state index is 12.7. The fourth-order valence-corrected chi connectivity index (χ4v) is 2.76. The van der Waals surface area contributed by atoms with Crippen molar-refractivity contribution in [3.63, 3.8) is 0 Å². The number of imidazole rings is 1. The molecule has 1 aliphatic rings. The van der Waals surface area contributed by atoms with Crippen molar-refractivity contribution in [3.05, 3.63) is 47.5 Å². The maximum absolute atomic E-state index is 12.7. The van der Waals surface area contributed by atoms with Gasteiger partial charge in [0.1, 0.15) is 12.4 Å². The van der Waals surface area contributed by atoms with Crippen molar-refractivity contribution in [2.45, 2.75) is 32.0 Å². The molecule has 0 amide bonds. The maximum Gasteiger partial charge on any atom is 0.320 e. The van der Waals surface area contributed by atoms with Crippen LogP contribution in [-0.2, 0) is 13.0 Å². The van der Waals surface area contributed by atoms with Gasteiger partial charge >= 0.3 is 6.55 Å². The second-order valence-corrected chi connectivity index (χ2v) is 5.06. The summed E-state index contributed by atoms with van der Waals surface area (Å²) in [4.78, 5) is 3.90. The number of nitrogens with zero attached hydrogens (tertiary/aromatic N) is 2. The predicted molar refractivity (Wildman–Crippen MR) is 74.4 cm³/mol. The second kappa shape index (κ2) is 5.81. The zero-order chi connectivity index (χ0) is 14.8. The fraction of sp³-hybridized carbons (Fsp3) is 0.400. The molecule has 1 N–H and O–H groups in total. The molecule has 1 aromatic heterocycles. The van der Waals surface area contributed by atoms with Gasteiger partial charge in [-0.05, 0) is 43.1 Å². The summed E-state index contributed by atoms with van der Waals surface area (Å²) in [6.45, 7) is -2.56. The molecule has 0 radical (unpaired) electrons. The Morgan fingerprint density at radius 2 is 2.33 bits per heavy atom. The first-order valence-corrected chi connectivity index (χ1v) is 6.92. The molecule has 2 aromatic rings. The average molecular weight is 293 g/mol. The van der Waals surface area contributed by atoms with Crippen LogP contribution in [0.25, 0.3) is 0 Å². The number of nitrogens with one attached hydrogen (secondary N) is 1. The van der Waals surface area contributed by atoms with Crippen molar-refractivity contribution in [1.82, 2.24) is 14.9 Å². The van der Waals surface area contributed by atoms with E-state index in [0.717, 1.165) is 17.4 Å². The van der Waals surface area contributed by atoms with Gasteiger partial charge in [-0.3, -0.25) is 4.57 Å². The zero-order valence-electron chi connectivity index (χ0n) is 11.7. The SMILES string of the molecule is CNC1CCc2cc(OCc3nccn3C(F)F)ccc21. The Bertz CT molecular complexity index is 627. The van der Waals surface area contributed by atoms with Crippen molar-refractivity contribution in [1.29, 1.82) is 0 Å². The van der Waals surface area contributed by atoms with E-state index >= 15 is 0 Å². The molecule has 4 nitrogen and oxygen atoms in total. The average Bonchev–Trinajstić information content (AvgIpc) is 3.11. The van der Waals surface area contributed by atoms with Crippen molar-refractivity contribution in [2.75, 3.05) is 7.05 Å². The third kappa shape index (κ3) is 2.76. The number of hydrogen-bond acceptors (Lipinski definition) is 3. The molecular weight excluding hydrogens is 276 g/mol. The molecule has 21 heavy (non-hydrogen) atoms. The summed E-state index contributed by atoms with van der Waals surface area (Å²) < 4.78 is 31.8. The molecule has 1 aromatic carbocycles. The fourth-order valence-electron chi connectivity index (χ4n) is 2.76. The molecule has 0 saturated carbocycles. The summed E-state index contributed by atoms with van der Waals surface area (Å²) in [7, 11) is 1.95. The van der Waals surface area contributed by atoms with Crippen LogP contribution in [0, 0.1) is 0 Å². The molecule has 0 bridgehead atoms. The van der Waals surface area contributed by atoms with Crippen LogP contribution in [0.3, 0.4) is 0 Å². The first-order chi connectivity index (χ1) is 10.2. The number of benzene rings is 1. The molecular formula is C15H17F2N3O. The lowest BCUT2D eigenvalue weighted by Gasteiger charge is -2.12. The van der Waals surface area contributed by atoms with Crippen molar-refractivity contribution >= 4 is 0 Å². The third-order valence-electron chi connectivity index (χ3n) is 3.87. The minimum Gasteiger partial charge on any atom is -0.486 e. The molecule has 1 atom stereocenters. The van der Waals surface area contributed by atoms with E-state index in [-0.39, 0.29) is 12.4 Å². The van der Waals surface area contributed by atoms with Crippen LogP contribution in [0.4, 0.5) is 8.78 Å². The lowest BCUT2D eigenvalue weighted by atomic mass is 10.1. The van der Waals surface area contributed by atoms with Gasteiger partial charge in [-0.2, -0.15) is 8.78 Å². The first-order valence-electron chi connectivity index (χ1n) is 6.92. The Morgan fingerprint density at radius 1 is 1.48 bits per heavy atom. The Morgan fingerprint density at radius 3 is 3.10 bits per heavy atom. The highest BCUT2D eigenvalue weighted by Crippen LogP contribution is 2.33. The lowest BCUT2D eigenvalue weighted by molar-refractivity contribution is 0.0632. The Hall–Kier alpha value is -1.95. The third-order valence-corrected chi connectivity index (χ3v) is 3.87. The van der Waals surface area contributed by atoms with Gasteiger partial charge in [-0.25, -0.2) is 4.98 Å². The lowest BCUT2D eigenvalue weighted by Crippen LogP contribution is -2.12. The zero-order valence-corrected chi connectivity index (χ0v) is 11.7. The largest absolute Gasteiger partial charge is 0.486 e. The monoisotopic (exact) mass is 293 g/mol. The quantitative estimate of drug-likeness (QED) is 0.921. The van der Waals surface area contributed by atoms with Gasteiger partial charge in [0, 0.05) is 18.4 Å². The smallest absolute Gasteiger partial charge is 0.320 e. The number of aromatic nitrogens is 2. The Kier molecular flexibility index (Phi) is 3.88. The number of fused-ring (bicyclic) bond motifs is 1. The molecule has 0 fully saturated rings. The first kappa shape index (κ1) is 14.0. The molecule has 0 saturated heterocycles. The second-order valence-electron chi connectivity index (χ2n) is 5.06. The van der Waals surface area contributed by atoms with Crippen molar-refractivity contribution < 1.29 is 13.5 Å². The Balaban J connectivity index is 1.70. The van der Waals surface area contributed by atoms with E-state index < -0.39 is 6.55 Å². The number of hydrogen-bond donors (Lipinski definition) is 1. The molecule has 1 unspecified atom stereocenters. The standard InChI is InChI=1S/C15H17F2N3O/c1-18-13-5-2-10-8-11(3-4-12(10)13)21-9-14-19-6-7-20(14)15(16)17/h3-4,6-8,13,15,18H,2,5,9H2,1H3. The molecule has 112 valence electrons. The van der Waals surface area contributed by atoms with Crippen LogP contribution in [0.5, 0.6) is 5.75 Å². The van der Waals surface area contributed by atoms with E-state index in [1.54, 1.807) is 0 Å². The van der Waals surface area contributed by atoms with Gasteiger partial charge < -0.3 is 10.1 Å². The van der Waals surface area contributed by atoms with Crippen LogP contribution >= 0.6 is 0 Å². The van der Waals surface area contributed by atoms with Crippen molar-refractivity contribution in [3.8, 4) is 5.75 Å². The van der Waals surface area contributed by atoms with Gasteiger partial charge in [0.05, 0.1) is 0 Å². The molecule has 3 rings (SSSR count). The van der Waals surface area contributed by atoms with Crippen LogP contribution in [0.2, 0.25) is 0 Å². The minimum atomic E-state index is -2.59. The highest BCUT2D eigenvalue weighted by Gasteiger charge is 2.21.